The first kappa shape index (κ1) is 15.4. The lowest BCUT2D eigenvalue weighted by atomic mass is 10.3. The standard InChI is InChI=1S/C12H22O4/c1-4-6-14-7-8-15-10-12(9-13)16-11(3)5-2/h1,11-13H,5-10H2,2-3H3. The first-order valence-electron chi connectivity index (χ1n) is 5.59. The third-order valence-electron chi connectivity index (χ3n) is 2.06. The van der Waals surface area contributed by atoms with Gasteiger partial charge in [-0.15, -0.1) is 6.42 Å². The zero-order valence-corrected chi connectivity index (χ0v) is 10.1. The van der Waals surface area contributed by atoms with Crippen molar-refractivity contribution in [2.75, 3.05) is 33.0 Å². The van der Waals surface area contributed by atoms with Crippen LogP contribution in [-0.4, -0.2) is 50.3 Å². The smallest absolute Gasteiger partial charge is 0.107 e. The van der Waals surface area contributed by atoms with E-state index in [9.17, 15) is 0 Å². The van der Waals surface area contributed by atoms with Gasteiger partial charge in [0.05, 0.1) is 32.5 Å². The highest BCUT2D eigenvalue weighted by Gasteiger charge is 2.11. The highest BCUT2D eigenvalue weighted by molar-refractivity contribution is 4.82. The minimum Gasteiger partial charge on any atom is -0.394 e. The molecule has 94 valence electrons. The van der Waals surface area contributed by atoms with E-state index in [4.69, 9.17) is 25.7 Å². The molecule has 4 nitrogen and oxygen atoms in total. The van der Waals surface area contributed by atoms with E-state index in [1.54, 1.807) is 0 Å². The monoisotopic (exact) mass is 230 g/mol. The first-order valence-corrected chi connectivity index (χ1v) is 5.59. The van der Waals surface area contributed by atoms with E-state index in [1.165, 1.54) is 0 Å². The quantitative estimate of drug-likeness (QED) is 0.446. The Balaban J connectivity index is 3.45. The molecular formula is C12H22O4. The summed E-state index contributed by atoms with van der Waals surface area (Å²) >= 11 is 0. The third kappa shape index (κ3) is 8.69. The Morgan fingerprint density at radius 3 is 2.56 bits per heavy atom. The fraction of sp³-hybridized carbons (Fsp3) is 0.833. The molecule has 0 radical (unpaired) electrons. The molecule has 0 saturated carbocycles. The second-order valence-corrected chi connectivity index (χ2v) is 3.49. The largest absolute Gasteiger partial charge is 0.394 e. The molecular weight excluding hydrogens is 208 g/mol. The number of rotatable bonds is 10. The zero-order valence-electron chi connectivity index (χ0n) is 10.1. The van der Waals surface area contributed by atoms with Crippen molar-refractivity contribution in [3.8, 4) is 12.3 Å². The van der Waals surface area contributed by atoms with Gasteiger partial charge in [0.1, 0.15) is 12.7 Å². The van der Waals surface area contributed by atoms with E-state index in [0.717, 1.165) is 6.42 Å². The summed E-state index contributed by atoms with van der Waals surface area (Å²) in [5.41, 5.74) is 0. The van der Waals surface area contributed by atoms with Crippen LogP contribution < -0.4 is 0 Å². The lowest BCUT2D eigenvalue weighted by Gasteiger charge is -2.19. The minimum atomic E-state index is -0.261. The molecule has 0 aliphatic carbocycles. The van der Waals surface area contributed by atoms with Gasteiger partial charge in [-0.2, -0.15) is 0 Å². The Hall–Kier alpha value is -0.600. The topological polar surface area (TPSA) is 47.9 Å². The Bertz CT molecular complexity index is 188. The fourth-order valence-corrected chi connectivity index (χ4v) is 1.02. The van der Waals surface area contributed by atoms with Crippen LogP contribution in [0.3, 0.4) is 0 Å². The summed E-state index contributed by atoms with van der Waals surface area (Å²) in [6.07, 6.45) is 5.81. The molecule has 0 aromatic heterocycles. The number of aliphatic hydroxyl groups is 1. The van der Waals surface area contributed by atoms with Crippen LogP contribution in [0.1, 0.15) is 20.3 Å². The Kier molecular flexibility index (Phi) is 10.5. The van der Waals surface area contributed by atoms with Crippen LogP contribution in [0, 0.1) is 12.3 Å². The number of hydrogen-bond acceptors (Lipinski definition) is 4. The molecule has 2 unspecified atom stereocenters. The van der Waals surface area contributed by atoms with E-state index in [-0.39, 0.29) is 18.8 Å². The first-order chi connectivity index (χ1) is 7.74. The van der Waals surface area contributed by atoms with Crippen molar-refractivity contribution in [1.82, 2.24) is 0 Å². The van der Waals surface area contributed by atoms with Crippen LogP contribution in [0.4, 0.5) is 0 Å². The second kappa shape index (κ2) is 10.9. The van der Waals surface area contributed by atoms with Crippen molar-refractivity contribution in [3.05, 3.63) is 0 Å². The molecule has 2 atom stereocenters. The van der Waals surface area contributed by atoms with E-state index in [2.05, 4.69) is 5.92 Å². The minimum absolute atomic E-state index is 0.0322. The summed E-state index contributed by atoms with van der Waals surface area (Å²) in [5.74, 6) is 2.37. The van der Waals surface area contributed by atoms with Crippen LogP contribution >= 0.6 is 0 Å². The maximum atomic E-state index is 9.05. The fourth-order valence-electron chi connectivity index (χ4n) is 1.02. The predicted octanol–water partition coefficient (Wildman–Crippen LogP) is 0.829. The highest BCUT2D eigenvalue weighted by atomic mass is 16.6. The van der Waals surface area contributed by atoms with Gasteiger partial charge in [-0.3, -0.25) is 0 Å². The van der Waals surface area contributed by atoms with Gasteiger partial charge in [0.2, 0.25) is 0 Å². The molecule has 0 bridgehead atoms. The number of terminal acetylenes is 1. The molecule has 0 saturated heterocycles. The van der Waals surface area contributed by atoms with Gasteiger partial charge in [0.25, 0.3) is 0 Å². The summed E-state index contributed by atoms with van der Waals surface area (Å²) in [5, 5.41) is 9.05. The summed E-state index contributed by atoms with van der Waals surface area (Å²) < 4.78 is 15.9. The molecule has 0 aromatic rings. The highest BCUT2D eigenvalue weighted by Crippen LogP contribution is 2.02. The van der Waals surface area contributed by atoms with E-state index in [0.29, 0.717) is 26.4 Å². The molecule has 4 heteroatoms. The van der Waals surface area contributed by atoms with Crippen LogP contribution in [0.25, 0.3) is 0 Å². The van der Waals surface area contributed by atoms with Crippen LogP contribution in [0.15, 0.2) is 0 Å². The number of aliphatic hydroxyl groups excluding tert-OH is 1. The van der Waals surface area contributed by atoms with Crippen LogP contribution in [-0.2, 0) is 14.2 Å². The second-order valence-electron chi connectivity index (χ2n) is 3.49. The summed E-state index contributed by atoms with van der Waals surface area (Å²) in [4.78, 5) is 0. The van der Waals surface area contributed by atoms with Crippen molar-refractivity contribution in [2.45, 2.75) is 32.5 Å². The maximum absolute atomic E-state index is 9.05. The Morgan fingerprint density at radius 1 is 1.31 bits per heavy atom. The summed E-state index contributed by atoms with van der Waals surface area (Å²) in [6, 6.07) is 0. The molecule has 0 spiro atoms. The molecule has 16 heavy (non-hydrogen) atoms. The van der Waals surface area contributed by atoms with Crippen molar-refractivity contribution >= 4 is 0 Å². The normalized spacial score (nSPS) is 14.4. The van der Waals surface area contributed by atoms with Gasteiger partial charge in [-0.25, -0.2) is 0 Å². The molecule has 0 amide bonds. The molecule has 0 aliphatic rings. The average Bonchev–Trinajstić information content (AvgIpc) is 2.31. The zero-order chi connectivity index (χ0) is 12.2. The number of hydrogen-bond donors (Lipinski definition) is 1. The molecule has 0 fully saturated rings. The summed E-state index contributed by atoms with van der Waals surface area (Å²) in [7, 11) is 0. The van der Waals surface area contributed by atoms with Gasteiger partial charge in [0, 0.05) is 0 Å². The van der Waals surface area contributed by atoms with Crippen LogP contribution in [0.2, 0.25) is 0 Å². The van der Waals surface area contributed by atoms with E-state index < -0.39 is 0 Å². The Morgan fingerprint density at radius 2 is 2.00 bits per heavy atom. The Labute approximate surface area is 97.9 Å². The van der Waals surface area contributed by atoms with E-state index >= 15 is 0 Å². The van der Waals surface area contributed by atoms with Crippen molar-refractivity contribution in [2.24, 2.45) is 0 Å². The SMILES string of the molecule is C#CCOCCOCC(CO)OC(C)CC. The molecule has 0 rings (SSSR count). The van der Waals surface area contributed by atoms with Gasteiger partial charge in [0.15, 0.2) is 0 Å². The summed E-state index contributed by atoms with van der Waals surface area (Å²) in [6.45, 7) is 5.58. The number of ether oxygens (including phenoxy) is 3. The third-order valence-corrected chi connectivity index (χ3v) is 2.06. The van der Waals surface area contributed by atoms with E-state index in [1.807, 2.05) is 13.8 Å². The van der Waals surface area contributed by atoms with Crippen molar-refractivity contribution < 1.29 is 19.3 Å². The van der Waals surface area contributed by atoms with Gasteiger partial charge < -0.3 is 19.3 Å². The lowest BCUT2D eigenvalue weighted by Crippen LogP contribution is -2.28. The predicted molar refractivity (Wildman–Crippen MR) is 62.2 cm³/mol. The van der Waals surface area contributed by atoms with Gasteiger partial charge >= 0.3 is 0 Å². The maximum Gasteiger partial charge on any atom is 0.107 e. The molecule has 0 aliphatic heterocycles. The van der Waals surface area contributed by atoms with Gasteiger partial charge in [-0.1, -0.05) is 12.8 Å². The average molecular weight is 230 g/mol. The molecule has 0 aromatic carbocycles. The van der Waals surface area contributed by atoms with Crippen LogP contribution in [0.5, 0.6) is 0 Å². The molecule has 1 N–H and O–H groups in total. The van der Waals surface area contributed by atoms with Gasteiger partial charge in [-0.05, 0) is 13.3 Å². The molecule has 0 heterocycles. The van der Waals surface area contributed by atoms with Crippen molar-refractivity contribution in [1.29, 1.82) is 0 Å². The van der Waals surface area contributed by atoms with Crippen molar-refractivity contribution in [3.63, 3.8) is 0 Å². The lowest BCUT2D eigenvalue weighted by molar-refractivity contribution is -0.0783.